The molecular formula is C16H11FN4O. The maximum atomic E-state index is 13.5. The van der Waals surface area contributed by atoms with Gasteiger partial charge in [0, 0.05) is 29.5 Å². The highest BCUT2D eigenvalue weighted by Gasteiger charge is 2.15. The molecule has 0 amide bonds. The Morgan fingerprint density at radius 1 is 1.14 bits per heavy atom. The lowest BCUT2D eigenvalue weighted by molar-refractivity contribution is 0.629. The van der Waals surface area contributed by atoms with E-state index in [0.29, 0.717) is 22.1 Å². The molecule has 0 saturated carbocycles. The van der Waals surface area contributed by atoms with Gasteiger partial charge in [0.2, 0.25) is 0 Å². The second kappa shape index (κ2) is 4.49. The Bertz CT molecular complexity index is 1070. The van der Waals surface area contributed by atoms with E-state index in [2.05, 4.69) is 10.1 Å². The summed E-state index contributed by atoms with van der Waals surface area (Å²) in [5.41, 5.74) is 0.977. The molecule has 6 heteroatoms. The highest BCUT2D eigenvalue weighted by molar-refractivity contribution is 6.07. The van der Waals surface area contributed by atoms with Crippen molar-refractivity contribution in [1.82, 2.24) is 19.3 Å². The van der Waals surface area contributed by atoms with E-state index in [4.69, 9.17) is 0 Å². The number of aryl methyl sites for hydroxylation is 1. The molecule has 0 atom stereocenters. The number of nitrogens with zero attached hydrogens (tertiary/aromatic N) is 4. The highest BCUT2D eigenvalue weighted by atomic mass is 19.1. The van der Waals surface area contributed by atoms with Crippen LogP contribution in [0.2, 0.25) is 0 Å². The van der Waals surface area contributed by atoms with Gasteiger partial charge in [0.05, 0.1) is 6.20 Å². The van der Waals surface area contributed by atoms with Crippen molar-refractivity contribution in [2.45, 2.75) is 0 Å². The summed E-state index contributed by atoms with van der Waals surface area (Å²) in [6.07, 6.45) is 3.18. The molecule has 0 fully saturated rings. The maximum absolute atomic E-state index is 13.5. The van der Waals surface area contributed by atoms with Gasteiger partial charge in [-0.05, 0) is 30.3 Å². The predicted molar refractivity (Wildman–Crippen MR) is 81.6 cm³/mol. The fraction of sp³-hybridized carbons (Fsp3) is 0.0625. The third-order valence-electron chi connectivity index (χ3n) is 3.76. The third-order valence-corrected chi connectivity index (χ3v) is 3.76. The van der Waals surface area contributed by atoms with E-state index >= 15 is 0 Å². The molecular weight excluding hydrogens is 283 g/mol. The summed E-state index contributed by atoms with van der Waals surface area (Å²) >= 11 is 0. The number of hydrogen-bond acceptors (Lipinski definition) is 3. The summed E-state index contributed by atoms with van der Waals surface area (Å²) < 4.78 is 16.5. The van der Waals surface area contributed by atoms with Gasteiger partial charge in [-0.2, -0.15) is 9.78 Å². The van der Waals surface area contributed by atoms with Gasteiger partial charge in [-0.25, -0.2) is 9.37 Å². The molecule has 0 N–H and O–H groups in total. The fourth-order valence-corrected chi connectivity index (χ4v) is 2.74. The first-order chi connectivity index (χ1) is 10.7. The Morgan fingerprint density at radius 2 is 2.00 bits per heavy atom. The minimum atomic E-state index is -0.339. The minimum Gasteiger partial charge on any atom is -0.339 e. The van der Waals surface area contributed by atoms with Crippen molar-refractivity contribution in [2.75, 3.05) is 0 Å². The summed E-state index contributed by atoms with van der Waals surface area (Å²) in [6, 6.07) is 9.73. The van der Waals surface area contributed by atoms with Crippen molar-refractivity contribution in [3.63, 3.8) is 0 Å². The maximum Gasteiger partial charge on any atom is 0.297 e. The van der Waals surface area contributed by atoms with Crippen LogP contribution in [0, 0.1) is 5.82 Å². The summed E-state index contributed by atoms with van der Waals surface area (Å²) in [4.78, 5) is 16.9. The lowest BCUT2D eigenvalue weighted by Gasteiger charge is -2.03. The summed E-state index contributed by atoms with van der Waals surface area (Å²) in [5.74, 6) is 0.111. The largest absolute Gasteiger partial charge is 0.339 e. The van der Waals surface area contributed by atoms with E-state index in [9.17, 15) is 9.18 Å². The quantitative estimate of drug-likeness (QED) is 0.542. The van der Waals surface area contributed by atoms with Crippen LogP contribution in [0.1, 0.15) is 0 Å². The Hall–Kier alpha value is -3.02. The molecule has 0 bridgehead atoms. The first-order valence-corrected chi connectivity index (χ1v) is 6.74. The van der Waals surface area contributed by atoms with Crippen molar-refractivity contribution in [2.24, 2.45) is 7.05 Å². The van der Waals surface area contributed by atoms with Gasteiger partial charge < -0.3 is 4.57 Å². The number of pyridine rings is 1. The van der Waals surface area contributed by atoms with Crippen LogP contribution in [0.15, 0.2) is 53.6 Å². The topological polar surface area (TPSA) is 52.7 Å². The van der Waals surface area contributed by atoms with Crippen LogP contribution < -0.4 is 5.56 Å². The Morgan fingerprint density at radius 3 is 2.77 bits per heavy atom. The number of halogens is 1. The average Bonchev–Trinajstić information content (AvgIpc) is 2.82. The van der Waals surface area contributed by atoms with E-state index in [1.807, 2.05) is 0 Å². The zero-order valence-electron chi connectivity index (χ0n) is 11.7. The van der Waals surface area contributed by atoms with Crippen LogP contribution in [0.5, 0.6) is 0 Å². The number of fused-ring (bicyclic) bond motifs is 3. The van der Waals surface area contributed by atoms with Crippen molar-refractivity contribution >= 4 is 21.8 Å². The Balaban J connectivity index is 2.14. The molecule has 0 unspecified atom stereocenters. The molecule has 0 aliphatic heterocycles. The molecule has 4 aromatic rings. The van der Waals surface area contributed by atoms with Crippen LogP contribution in [-0.2, 0) is 7.05 Å². The molecule has 108 valence electrons. The van der Waals surface area contributed by atoms with Crippen LogP contribution >= 0.6 is 0 Å². The number of benzene rings is 1. The van der Waals surface area contributed by atoms with Gasteiger partial charge in [0.1, 0.15) is 11.3 Å². The first-order valence-electron chi connectivity index (χ1n) is 6.74. The third kappa shape index (κ3) is 1.67. The molecule has 0 spiro atoms. The van der Waals surface area contributed by atoms with Gasteiger partial charge in [0.25, 0.3) is 5.56 Å². The van der Waals surface area contributed by atoms with Crippen molar-refractivity contribution < 1.29 is 4.39 Å². The van der Waals surface area contributed by atoms with Crippen molar-refractivity contribution in [3.05, 3.63) is 65.0 Å². The summed E-state index contributed by atoms with van der Waals surface area (Å²) in [7, 11) is 1.78. The zero-order valence-corrected chi connectivity index (χ0v) is 11.7. The number of aromatic nitrogens is 4. The first kappa shape index (κ1) is 12.7. The van der Waals surface area contributed by atoms with Crippen molar-refractivity contribution in [1.29, 1.82) is 0 Å². The molecule has 4 rings (SSSR count). The second-order valence-corrected chi connectivity index (χ2v) is 5.03. The van der Waals surface area contributed by atoms with Gasteiger partial charge >= 0.3 is 0 Å². The molecule has 0 radical (unpaired) electrons. The highest BCUT2D eigenvalue weighted by Crippen LogP contribution is 2.26. The van der Waals surface area contributed by atoms with Gasteiger partial charge in [0.15, 0.2) is 5.82 Å². The van der Waals surface area contributed by atoms with E-state index in [-0.39, 0.29) is 11.4 Å². The SMILES string of the molecule is Cn1c2ccc(F)cc2c2cnn(-c3ccccn3)c(=O)c21. The van der Waals surface area contributed by atoms with E-state index in [1.54, 1.807) is 48.3 Å². The van der Waals surface area contributed by atoms with Gasteiger partial charge in [-0.15, -0.1) is 0 Å². The van der Waals surface area contributed by atoms with Crippen LogP contribution in [0.3, 0.4) is 0 Å². The molecule has 3 aromatic heterocycles. The summed E-state index contributed by atoms with van der Waals surface area (Å²) in [5, 5.41) is 5.49. The smallest absolute Gasteiger partial charge is 0.297 e. The lowest BCUT2D eigenvalue weighted by atomic mass is 10.2. The molecule has 5 nitrogen and oxygen atoms in total. The van der Waals surface area contributed by atoms with Gasteiger partial charge in [-0.3, -0.25) is 4.79 Å². The van der Waals surface area contributed by atoms with Crippen LogP contribution in [-0.4, -0.2) is 19.3 Å². The molecule has 3 heterocycles. The van der Waals surface area contributed by atoms with Gasteiger partial charge in [-0.1, -0.05) is 6.07 Å². The Labute approximate surface area is 124 Å². The fourth-order valence-electron chi connectivity index (χ4n) is 2.74. The molecule has 0 saturated heterocycles. The summed E-state index contributed by atoms with van der Waals surface area (Å²) in [6.45, 7) is 0. The average molecular weight is 294 g/mol. The minimum absolute atomic E-state index is 0.282. The predicted octanol–water partition coefficient (Wildman–Crippen LogP) is 2.41. The monoisotopic (exact) mass is 294 g/mol. The lowest BCUT2D eigenvalue weighted by Crippen LogP contribution is -2.23. The molecule has 1 aromatic carbocycles. The van der Waals surface area contributed by atoms with Crippen LogP contribution in [0.25, 0.3) is 27.6 Å². The zero-order chi connectivity index (χ0) is 15.3. The van der Waals surface area contributed by atoms with Crippen molar-refractivity contribution in [3.8, 4) is 5.82 Å². The van der Waals surface area contributed by atoms with Crippen LogP contribution in [0.4, 0.5) is 4.39 Å². The second-order valence-electron chi connectivity index (χ2n) is 5.03. The van der Waals surface area contributed by atoms with E-state index in [1.165, 1.54) is 16.8 Å². The number of hydrogen-bond donors (Lipinski definition) is 0. The molecule has 0 aliphatic rings. The molecule has 0 aliphatic carbocycles. The standard InChI is InChI=1S/C16H11FN4O/c1-20-13-6-5-10(17)8-11(13)12-9-19-21(16(22)15(12)20)14-4-2-3-7-18-14/h2-9H,1H3. The van der Waals surface area contributed by atoms with E-state index < -0.39 is 0 Å². The van der Waals surface area contributed by atoms with E-state index in [0.717, 1.165) is 5.52 Å². The number of rotatable bonds is 1. The molecule has 22 heavy (non-hydrogen) atoms. The Kier molecular flexibility index (Phi) is 2.59. The normalized spacial score (nSPS) is 11.4.